The molecule has 0 aliphatic carbocycles. The summed E-state index contributed by atoms with van der Waals surface area (Å²) in [6, 6.07) is 18.5. The van der Waals surface area contributed by atoms with Crippen LogP contribution >= 0.6 is 11.6 Å². The summed E-state index contributed by atoms with van der Waals surface area (Å²) in [7, 11) is 0. The highest BCUT2D eigenvalue weighted by Gasteiger charge is 2.33. The minimum absolute atomic E-state index is 0.00570. The first kappa shape index (κ1) is 18.9. The van der Waals surface area contributed by atoms with E-state index in [0.717, 1.165) is 23.7 Å². The fourth-order valence-electron chi connectivity index (χ4n) is 3.51. The summed E-state index contributed by atoms with van der Waals surface area (Å²) in [5.74, 6) is 0.00570. The molecule has 2 aromatic carbocycles. The molecule has 1 aliphatic rings. The molecule has 0 saturated carbocycles. The lowest BCUT2D eigenvalue weighted by Crippen LogP contribution is -2.57. The molecule has 0 aromatic heterocycles. The fourth-order valence-corrected chi connectivity index (χ4v) is 3.75. The van der Waals surface area contributed by atoms with E-state index < -0.39 is 5.54 Å². The first-order valence-corrected chi connectivity index (χ1v) is 9.37. The van der Waals surface area contributed by atoms with E-state index in [9.17, 15) is 4.79 Å². The SMILES string of the molecule is CC(C)(N)C(=O)N1CCN(C(c2ccccc2)c2ccccc2Cl)CC1. The molecule has 1 saturated heterocycles. The van der Waals surface area contributed by atoms with Crippen LogP contribution in [0.2, 0.25) is 5.02 Å². The van der Waals surface area contributed by atoms with Gasteiger partial charge in [0.25, 0.3) is 0 Å². The number of carbonyl (C=O) groups excluding carboxylic acids is 1. The molecule has 0 spiro atoms. The van der Waals surface area contributed by atoms with Gasteiger partial charge in [0.15, 0.2) is 0 Å². The molecular formula is C21H26ClN3O. The van der Waals surface area contributed by atoms with Gasteiger partial charge in [-0.05, 0) is 31.0 Å². The van der Waals surface area contributed by atoms with Crippen molar-refractivity contribution in [2.24, 2.45) is 5.73 Å². The molecule has 1 atom stereocenters. The maximum atomic E-state index is 12.5. The van der Waals surface area contributed by atoms with Gasteiger partial charge in [-0.3, -0.25) is 9.69 Å². The Kier molecular flexibility index (Phi) is 5.66. The van der Waals surface area contributed by atoms with E-state index in [4.69, 9.17) is 17.3 Å². The van der Waals surface area contributed by atoms with Crippen LogP contribution in [0.5, 0.6) is 0 Å². The summed E-state index contributed by atoms with van der Waals surface area (Å²) in [5.41, 5.74) is 7.46. The first-order chi connectivity index (χ1) is 12.4. The van der Waals surface area contributed by atoms with Gasteiger partial charge in [-0.25, -0.2) is 0 Å². The molecule has 138 valence electrons. The lowest BCUT2D eigenvalue weighted by atomic mass is 9.96. The molecule has 1 amide bonds. The summed E-state index contributed by atoms with van der Waals surface area (Å²) in [4.78, 5) is 16.7. The normalized spacial score (nSPS) is 17.2. The largest absolute Gasteiger partial charge is 0.339 e. The molecule has 2 N–H and O–H groups in total. The van der Waals surface area contributed by atoms with Crippen molar-refractivity contribution in [1.82, 2.24) is 9.80 Å². The van der Waals surface area contributed by atoms with Gasteiger partial charge in [-0.2, -0.15) is 0 Å². The minimum Gasteiger partial charge on any atom is -0.339 e. The highest BCUT2D eigenvalue weighted by atomic mass is 35.5. The van der Waals surface area contributed by atoms with Crippen LogP contribution in [0.15, 0.2) is 54.6 Å². The molecule has 1 heterocycles. The molecule has 1 fully saturated rings. The number of hydrogen-bond donors (Lipinski definition) is 1. The van der Waals surface area contributed by atoms with Gasteiger partial charge in [0.2, 0.25) is 5.91 Å². The van der Waals surface area contributed by atoms with Crippen LogP contribution in [-0.4, -0.2) is 47.4 Å². The molecule has 2 aromatic rings. The van der Waals surface area contributed by atoms with E-state index in [1.807, 2.05) is 29.2 Å². The van der Waals surface area contributed by atoms with Gasteiger partial charge in [0, 0.05) is 31.2 Å². The van der Waals surface area contributed by atoms with Crippen LogP contribution in [0.25, 0.3) is 0 Å². The van der Waals surface area contributed by atoms with E-state index >= 15 is 0 Å². The second-order valence-electron chi connectivity index (χ2n) is 7.38. The number of rotatable bonds is 4. The van der Waals surface area contributed by atoms with Gasteiger partial charge in [-0.1, -0.05) is 60.1 Å². The summed E-state index contributed by atoms with van der Waals surface area (Å²) in [6.07, 6.45) is 0. The molecule has 0 radical (unpaired) electrons. The summed E-state index contributed by atoms with van der Waals surface area (Å²) >= 11 is 6.52. The fraction of sp³-hybridized carbons (Fsp3) is 0.381. The third-order valence-corrected chi connectivity index (χ3v) is 5.18. The quantitative estimate of drug-likeness (QED) is 0.897. The number of nitrogens with zero attached hydrogens (tertiary/aromatic N) is 2. The lowest BCUT2D eigenvalue weighted by molar-refractivity contribution is -0.137. The molecule has 26 heavy (non-hydrogen) atoms. The standard InChI is InChI=1S/C21H26ClN3O/c1-21(2,23)20(26)25-14-12-24(13-15-25)19(16-8-4-3-5-9-16)17-10-6-7-11-18(17)22/h3-11,19H,12-15,23H2,1-2H3. The van der Waals surface area contributed by atoms with Crippen molar-refractivity contribution >= 4 is 17.5 Å². The maximum absolute atomic E-state index is 12.5. The van der Waals surface area contributed by atoms with Crippen molar-refractivity contribution in [2.45, 2.75) is 25.4 Å². The minimum atomic E-state index is -0.830. The zero-order valence-corrected chi connectivity index (χ0v) is 16.1. The van der Waals surface area contributed by atoms with E-state index in [0.29, 0.717) is 13.1 Å². The molecule has 5 heteroatoms. The van der Waals surface area contributed by atoms with Crippen LogP contribution < -0.4 is 5.73 Å². The maximum Gasteiger partial charge on any atom is 0.242 e. The Morgan fingerprint density at radius 3 is 2.15 bits per heavy atom. The number of benzene rings is 2. The predicted molar refractivity (Wildman–Crippen MR) is 106 cm³/mol. The van der Waals surface area contributed by atoms with Crippen molar-refractivity contribution < 1.29 is 4.79 Å². The number of nitrogens with two attached hydrogens (primary N) is 1. The van der Waals surface area contributed by atoms with E-state index in [1.165, 1.54) is 5.56 Å². The van der Waals surface area contributed by atoms with Crippen molar-refractivity contribution in [1.29, 1.82) is 0 Å². The molecule has 4 nitrogen and oxygen atoms in total. The Bertz CT molecular complexity index is 749. The first-order valence-electron chi connectivity index (χ1n) is 8.99. The van der Waals surface area contributed by atoms with Crippen LogP contribution in [-0.2, 0) is 4.79 Å². The molecule has 1 aliphatic heterocycles. The van der Waals surface area contributed by atoms with Gasteiger partial charge in [0.05, 0.1) is 11.6 Å². The summed E-state index contributed by atoms with van der Waals surface area (Å²) < 4.78 is 0. The second kappa shape index (κ2) is 7.78. The van der Waals surface area contributed by atoms with E-state index in [1.54, 1.807) is 13.8 Å². The van der Waals surface area contributed by atoms with Gasteiger partial charge >= 0.3 is 0 Å². The average molecular weight is 372 g/mol. The number of hydrogen-bond acceptors (Lipinski definition) is 3. The Labute approximate surface area is 160 Å². The Balaban J connectivity index is 1.84. The topological polar surface area (TPSA) is 49.6 Å². The molecule has 1 unspecified atom stereocenters. The van der Waals surface area contributed by atoms with Crippen LogP contribution in [0.3, 0.4) is 0 Å². The van der Waals surface area contributed by atoms with Crippen molar-refractivity contribution in [3.63, 3.8) is 0 Å². The van der Waals surface area contributed by atoms with Crippen molar-refractivity contribution in [3.8, 4) is 0 Å². The second-order valence-corrected chi connectivity index (χ2v) is 7.79. The van der Waals surface area contributed by atoms with Crippen LogP contribution in [0.4, 0.5) is 0 Å². The number of piperazine rings is 1. The van der Waals surface area contributed by atoms with Crippen LogP contribution in [0, 0.1) is 0 Å². The average Bonchev–Trinajstić information content (AvgIpc) is 2.64. The third kappa shape index (κ3) is 4.09. The Morgan fingerprint density at radius 2 is 1.58 bits per heavy atom. The number of carbonyl (C=O) groups is 1. The van der Waals surface area contributed by atoms with Crippen molar-refractivity contribution in [2.75, 3.05) is 26.2 Å². The van der Waals surface area contributed by atoms with Gasteiger partial charge in [-0.15, -0.1) is 0 Å². The van der Waals surface area contributed by atoms with Crippen molar-refractivity contribution in [3.05, 3.63) is 70.7 Å². The lowest BCUT2D eigenvalue weighted by Gasteiger charge is -2.41. The molecule has 0 bridgehead atoms. The van der Waals surface area contributed by atoms with Gasteiger partial charge < -0.3 is 10.6 Å². The third-order valence-electron chi connectivity index (χ3n) is 4.83. The zero-order chi connectivity index (χ0) is 18.7. The molecule has 3 rings (SSSR count). The van der Waals surface area contributed by atoms with Crippen LogP contribution in [0.1, 0.15) is 31.0 Å². The Morgan fingerprint density at radius 1 is 1.00 bits per heavy atom. The zero-order valence-electron chi connectivity index (χ0n) is 15.4. The Hall–Kier alpha value is -1.88. The highest BCUT2D eigenvalue weighted by molar-refractivity contribution is 6.31. The predicted octanol–water partition coefficient (Wildman–Crippen LogP) is 3.31. The highest BCUT2D eigenvalue weighted by Crippen LogP contribution is 2.33. The monoisotopic (exact) mass is 371 g/mol. The summed E-state index contributed by atoms with van der Waals surface area (Å²) in [5, 5.41) is 0.767. The van der Waals surface area contributed by atoms with E-state index in [2.05, 4.69) is 35.2 Å². The van der Waals surface area contributed by atoms with Gasteiger partial charge in [0.1, 0.15) is 0 Å². The summed E-state index contributed by atoms with van der Waals surface area (Å²) in [6.45, 7) is 6.44. The molecular weight excluding hydrogens is 346 g/mol. The number of halogens is 1. The number of amides is 1. The van der Waals surface area contributed by atoms with E-state index in [-0.39, 0.29) is 11.9 Å². The smallest absolute Gasteiger partial charge is 0.242 e.